The van der Waals surface area contributed by atoms with Crippen molar-refractivity contribution in [1.29, 1.82) is 0 Å². The standard InChI is InChI=1S/C29H36ClNO3/c1-18(2)24-17-31(22-10-11-23(27(33)34)19(3)14-22)26(32)16-29(24,7)21-9-8-20(25(30)15-21)12-13-28(4,5)6/h8-11,14-15,17-18H,12-13,16H2,1-7H3,(H,33,34)/t29-/m0/s1. The van der Waals surface area contributed by atoms with E-state index in [9.17, 15) is 14.7 Å². The molecule has 0 radical (unpaired) electrons. The highest BCUT2D eigenvalue weighted by Crippen LogP contribution is 2.44. The zero-order valence-electron chi connectivity index (χ0n) is 21.3. The number of aromatic carboxylic acids is 1. The molecule has 1 aliphatic heterocycles. The first-order valence-electron chi connectivity index (χ1n) is 11.9. The van der Waals surface area contributed by atoms with Crippen molar-refractivity contribution >= 4 is 29.2 Å². The van der Waals surface area contributed by atoms with Gasteiger partial charge in [-0.2, -0.15) is 0 Å². The van der Waals surface area contributed by atoms with Crippen LogP contribution in [0.4, 0.5) is 5.69 Å². The lowest BCUT2D eigenvalue weighted by Gasteiger charge is -2.41. The number of nitrogens with zero attached hydrogens (tertiary/aromatic N) is 1. The van der Waals surface area contributed by atoms with Gasteiger partial charge in [0.05, 0.1) is 5.56 Å². The average Bonchev–Trinajstić information content (AvgIpc) is 2.71. The lowest BCUT2D eigenvalue weighted by molar-refractivity contribution is -0.119. The van der Waals surface area contributed by atoms with Gasteiger partial charge in [0.25, 0.3) is 0 Å². The molecular weight excluding hydrogens is 446 g/mol. The maximum atomic E-state index is 13.4. The number of anilines is 1. The summed E-state index contributed by atoms with van der Waals surface area (Å²) in [6.45, 7) is 14.8. The first-order chi connectivity index (χ1) is 15.7. The van der Waals surface area contributed by atoms with E-state index in [0.717, 1.165) is 34.6 Å². The van der Waals surface area contributed by atoms with Crippen molar-refractivity contribution in [1.82, 2.24) is 0 Å². The molecule has 1 aliphatic rings. The molecule has 34 heavy (non-hydrogen) atoms. The summed E-state index contributed by atoms with van der Waals surface area (Å²) < 4.78 is 0. The number of hydrogen-bond acceptors (Lipinski definition) is 2. The summed E-state index contributed by atoms with van der Waals surface area (Å²) >= 11 is 6.72. The van der Waals surface area contributed by atoms with E-state index in [1.54, 1.807) is 30.0 Å². The van der Waals surface area contributed by atoms with Crippen LogP contribution in [0.5, 0.6) is 0 Å². The largest absolute Gasteiger partial charge is 0.478 e. The third-order valence-electron chi connectivity index (χ3n) is 6.85. The van der Waals surface area contributed by atoms with Gasteiger partial charge in [-0.25, -0.2) is 4.79 Å². The third-order valence-corrected chi connectivity index (χ3v) is 7.21. The van der Waals surface area contributed by atoms with Gasteiger partial charge in [0.2, 0.25) is 5.91 Å². The molecule has 0 fully saturated rings. The van der Waals surface area contributed by atoms with E-state index in [-0.39, 0.29) is 22.8 Å². The number of halogens is 1. The second kappa shape index (κ2) is 9.58. The summed E-state index contributed by atoms with van der Waals surface area (Å²) in [7, 11) is 0. The van der Waals surface area contributed by atoms with Crippen molar-refractivity contribution in [3.63, 3.8) is 0 Å². The van der Waals surface area contributed by atoms with Crippen LogP contribution in [-0.2, 0) is 16.6 Å². The Morgan fingerprint density at radius 1 is 1.18 bits per heavy atom. The number of allylic oxidation sites excluding steroid dienone is 1. The quantitative estimate of drug-likeness (QED) is 0.463. The van der Waals surface area contributed by atoms with E-state index in [0.29, 0.717) is 17.7 Å². The van der Waals surface area contributed by atoms with E-state index in [4.69, 9.17) is 11.6 Å². The number of amides is 1. The van der Waals surface area contributed by atoms with Crippen molar-refractivity contribution < 1.29 is 14.7 Å². The molecule has 0 saturated carbocycles. The highest BCUT2D eigenvalue weighted by atomic mass is 35.5. The van der Waals surface area contributed by atoms with Gasteiger partial charge in [0, 0.05) is 28.7 Å². The summed E-state index contributed by atoms with van der Waals surface area (Å²) in [6, 6.07) is 11.3. The number of rotatable bonds is 6. The minimum absolute atomic E-state index is 0.0256. The molecule has 5 heteroatoms. The van der Waals surface area contributed by atoms with Crippen LogP contribution in [0, 0.1) is 18.3 Å². The molecule has 0 saturated heterocycles. The number of hydrogen-bond donors (Lipinski definition) is 1. The molecule has 0 aliphatic carbocycles. The Balaban J connectivity index is 2.00. The van der Waals surface area contributed by atoms with Crippen molar-refractivity contribution in [2.45, 2.75) is 73.1 Å². The number of carbonyl (C=O) groups excluding carboxylic acids is 1. The van der Waals surface area contributed by atoms with E-state index < -0.39 is 11.4 Å². The molecule has 1 atom stereocenters. The van der Waals surface area contributed by atoms with Crippen LogP contribution in [0.1, 0.15) is 81.4 Å². The van der Waals surface area contributed by atoms with Crippen molar-refractivity contribution in [2.24, 2.45) is 11.3 Å². The predicted octanol–water partition coefficient (Wildman–Crippen LogP) is 7.56. The molecule has 182 valence electrons. The van der Waals surface area contributed by atoms with Gasteiger partial charge >= 0.3 is 5.97 Å². The minimum atomic E-state index is -0.970. The Hall–Kier alpha value is -2.59. The monoisotopic (exact) mass is 481 g/mol. The zero-order chi connectivity index (χ0) is 25.4. The predicted molar refractivity (Wildman–Crippen MR) is 140 cm³/mol. The Kier molecular flexibility index (Phi) is 7.33. The number of aryl methyl sites for hydroxylation is 2. The van der Waals surface area contributed by atoms with Crippen molar-refractivity contribution in [3.05, 3.63) is 75.4 Å². The molecule has 0 unspecified atom stereocenters. The van der Waals surface area contributed by atoms with Gasteiger partial charge in [0.15, 0.2) is 0 Å². The van der Waals surface area contributed by atoms with E-state index >= 15 is 0 Å². The fourth-order valence-electron chi connectivity index (χ4n) is 4.76. The summed E-state index contributed by atoms with van der Waals surface area (Å²) in [5.41, 5.74) is 4.65. The third kappa shape index (κ3) is 5.38. The Bertz CT molecular complexity index is 1140. The fraction of sp³-hybridized carbons (Fsp3) is 0.448. The number of carbonyl (C=O) groups is 2. The number of carboxylic acid groups (broad SMARTS) is 1. The maximum absolute atomic E-state index is 13.4. The smallest absolute Gasteiger partial charge is 0.335 e. The molecule has 3 rings (SSSR count). The highest BCUT2D eigenvalue weighted by molar-refractivity contribution is 6.31. The average molecular weight is 482 g/mol. The first kappa shape index (κ1) is 26.0. The first-order valence-corrected chi connectivity index (χ1v) is 12.3. The fourth-order valence-corrected chi connectivity index (χ4v) is 5.03. The van der Waals surface area contributed by atoms with Crippen LogP contribution in [-0.4, -0.2) is 17.0 Å². The van der Waals surface area contributed by atoms with Gasteiger partial charge in [-0.3, -0.25) is 9.69 Å². The van der Waals surface area contributed by atoms with Crippen LogP contribution in [0.25, 0.3) is 0 Å². The molecule has 0 aromatic heterocycles. The summed E-state index contributed by atoms with van der Waals surface area (Å²) in [6.07, 6.45) is 4.22. The molecule has 0 bridgehead atoms. The van der Waals surface area contributed by atoms with E-state index in [1.807, 2.05) is 12.3 Å². The van der Waals surface area contributed by atoms with Crippen LogP contribution in [0.15, 0.2) is 48.2 Å². The highest BCUT2D eigenvalue weighted by Gasteiger charge is 2.41. The molecule has 1 heterocycles. The number of benzene rings is 2. The number of carboxylic acids is 1. The van der Waals surface area contributed by atoms with Gasteiger partial charge in [-0.05, 0) is 77.6 Å². The van der Waals surface area contributed by atoms with Gasteiger partial charge in [-0.1, -0.05) is 65.3 Å². The van der Waals surface area contributed by atoms with Crippen molar-refractivity contribution in [3.8, 4) is 0 Å². The van der Waals surface area contributed by atoms with Crippen LogP contribution in [0.2, 0.25) is 5.02 Å². The van der Waals surface area contributed by atoms with Crippen LogP contribution < -0.4 is 4.90 Å². The SMILES string of the molecule is Cc1cc(N2C=C(C(C)C)[C@](C)(c3ccc(CCC(C)(C)C)c(Cl)c3)CC2=O)ccc1C(=O)O. The maximum Gasteiger partial charge on any atom is 0.335 e. The molecule has 1 N–H and O–H groups in total. The zero-order valence-corrected chi connectivity index (χ0v) is 22.1. The molecular formula is C29H36ClNO3. The van der Waals surface area contributed by atoms with Gasteiger partial charge in [0.1, 0.15) is 0 Å². The molecule has 4 nitrogen and oxygen atoms in total. The molecule has 0 spiro atoms. The second-order valence-corrected chi connectivity index (χ2v) is 11.6. The van der Waals surface area contributed by atoms with Gasteiger partial charge < -0.3 is 5.11 Å². The molecule has 2 aromatic carbocycles. The molecule has 1 amide bonds. The molecule has 2 aromatic rings. The topological polar surface area (TPSA) is 57.6 Å². The Morgan fingerprint density at radius 2 is 1.85 bits per heavy atom. The Morgan fingerprint density at radius 3 is 2.38 bits per heavy atom. The van der Waals surface area contributed by atoms with Gasteiger partial charge in [-0.15, -0.1) is 0 Å². The summed E-state index contributed by atoms with van der Waals surface area (Å²) in [5, 5.41) is 10.1. The lowest BCUT2D eigenvalue weighted by atomic mass is 9.68. The van der Waals surface area contributed by atoms with E-state index in [1.165, 1.54) is 0 Å². The van der Waals surface area contributed by atoms with E-state index in [2.05, 4.69) is 53.7 Å². The minimum Gasteiger partial charge on any atom is -0.478 e. The Labute approximate surface area is 208 Å². The van der Waals surface area contributed by atoms with Crippen molar-refractivity contribution in [2.75, 3.05) is 4.90 Å². The summed E-state index contributed by atoms with van der Waals surface area (Å²) in [5.74, 6) is -0.788. The normalized spacial score (nSPS) is 18.9. The second-order valence-electron chi connectivity index (χ2n) is 11.2. The van der Waals surface area contributed by atoms with Crippen LogP contribution >= 0.6 is 11.6 Å². The summed E-state index contributed by atoms with van der Waals surface area (Å²) in [4.78, 5) is 26.4. The lowest BCUT2D eigenvalue weighted by Crippen LogP contribution is -2.42. The van der Waals surface area contributed by atoms with Crippen LogP contribution in [0.3, 0.4) is 0 Å².